The highest BCUT2D eigenvalue weighted by Gasteiger charge is 2.41. The molecule has 8 nitrogen and oxygen atoms in total. The molecule has 0 spiro atoms. The Bertz CT molecular complexity index is 1090. The van der Waals surface area contributed by atoms with Gasteiger partial charge in [0.25, 0.3) is 0 Å². The predicted octanol–water partition coefficient (Wildman–Crippen LogP) is 3.88. The molecule has 1 fully saturated rings. The van der Waals surface area contributed by atoms with Crippen LogP contribution in [0.2, 0.25) is 0 Å². The van der Waals surface area contributed by atoms with Gasteiger partial charge in [-0.2, -0.15) is 0 Å². The van der Waals surface area contributed by atoms with Crippen molar-refractivity contribution in [2.45, 2.75) is 51.6 Å². The second-order valence-corrected chi connectivity index (χ2v) is 9.55. The van der Waals surface area contributed by atoms with Crippen molar-refractivity contribution in [1.29, 1.82) is 0 Å². The molecule has 3 rings (SSSR count). The molecular weight excluding hydrogens is 440 g/mol. The highest BCUT2D eigenvalue weighted by atomic mass is 16.5. The molecule has 0 saturated carbocycles. The SMILES string of the molecule is C=C=C(OC)C(C)(C)N1CC(c2ccc3c(c2)N(N)/C(=C\C(=C)C(N=CN)=NC(C)C)CCO3)C1. The smallest absolute Gasteiger partial charge is 0.157 e. The Morgan fingerprint density at radius 1 is 1.34 bits per heavy atom. The van der Waals surface area contributed by atoms with Crippen LogP contribution >= 0.6 is 0 Å². The van der Waals surface area contributed by atoms with Gasteiger partial charge in [0.2, 0.25) is 0 Å². The van der Waals surface area contributed by atoms with Gasteiger partial charge in [0, 0.05) is 42.7 Å². The molecule has 2 aliphatic heterocycles. The summed E-state index contributed by atoms with van der Waals surface area (Å²) in [7, 11) is 1.66. The zero-order valence-electron chi connectivity index (χ0n) is 21.5. The maximum absolute atomic E-state index is 6.61. The Morgan fingerprint density at radius 3 is 2.66 bits per heavy atom. The van der Waals surface area contributed by atoms with Crippen molar-refractivity contribution in [3.8, 4) is 5.75 Å². The monoisotopic (exact) mass is 478 g/mol. The minimum absolute atomic E-state index is 0.0625. The molecule has 4 N–H and O–H groups in total. The Morgan fingerprint density at radius 2 is 2.06 bits per heavy atom. The summed E-state index contributed by atoms with van der Waals surface area (Å²) in [4.78, 5) is 11.0. The van der Waals surface area contributed by atoms with Crippen LogP contribution < -0.4 is 21.3 Å². The van der Waals surface area contributed by atoms with Crippen molar-refractivity contribution in [3.63, 3.8) is 0 Å². The van der Waals surface area contributed by atoms with Gasteiger partial charge in [-0.25, -0.2) is 10.8 Å². The maximum Gasteiger partial charge on any atom is 0.157 e. The first-order chi connectivity index (χ1) is 16.6. The highest BCUT2D eigenvalue weighted by Crippen LogP contribution is 2.40. The third-order valence-corrected chi connectivity index (χ3v) is 6.44. The van der Waals surface area contributed by atoms with Gasteiger partial charge in [0.15, 0.2) is 11.6 Å². The number of benzene rings is 1. The number of nitrogens with two attached hydrogens (primary N) is 2. The van der Waals surface area contributed by atoms with Crippen molar-refractivity contribution in [1.82, 2.24) is 4.90 Å². The topological polar surface area (TPSA) is 102 Å². The molecule has 0 aliphatic carbocycles. The van der Waals surface area contributed by atoms with E-state index in [4.69, 9.17) is 21.1 Å². The molecule has 35 heavy (non-hydrogen) atoms. The molecule has 1 saturated heterocycles. The largest absolute Gasteiger partial charge is 0.491 e. The number of aliphatic imine (C=N–C) groups is 2. The van der Waals surface area contributed by atoms with E-state index in [9.17, 15) is 0 Å². The van der Waals surface area contributed by atoms with Gasteiger partial charge in [-0.3, -0.25) is 14.9 Å². The fourth-order valence-electron chi connectivity index (χ4n) is 4.39. The van der Waals surface area contributed by atoms with Gasteiger partial charge in [-0.15, -0.1) is 0 Å². The Balaban J connectivity index is 1.83. The molecule has 1 aromatic carbocycles. The number of ether oxygens (including phenoxy) is 2. The number of hydrazine groups is 1. The summed E-state index contributed by atoms with van der Waals surface area (Å²) in [5.74, 6) is 8.98. The molecule has 2 heterocycles. The zero-order chi connectivity index (χ0) is 25.8. The van der Waals surface area contributed by atoms with Crippen molar-refractivity contribution < 1.29 is 9.47 Å². The second-order valence-electron chi connectivity index (χ2n) is 9.55. The van der Waals surface area contributed by atoms with E-state index in [-0.39, 0.29) is 11.6 Å². The van der Waals surface area contributed by atoms with Gasteiger partial charge >= 0.3 is 0 Å². The van der Waals surface area contributed by atoms with E-state index in [0.29, 0.717) is 30.4 Å². The van der Waals surface area contributed by atoms with Gasteiger partial charge < -0.3 is 15.2 Å². The average Bonchev–Trinajstić information content (AvgIpc) is 2.91. The summed E-state index contributed by atoms with van der Waals surface area (Å²) in [6.45, 7) is 18.4. The molecule has 8 heteroatoms. The number of hydrogen-bond acceptors (Lipinski definition) is 6. The summed E-state index contributed by atoms with van der Waals surface area (Å²) in [6.07, 6.45) is 3.76. The Hall–Kier alpha value is -3.32. The van der Waals surface area contributed by atoms with Gasteiger partial charge in [0.1, 0.15) is 5.75 Å². The first-order valence-electron chi connectivity index (χ1n) is 11.8. The summed E-state index contributed by atoms with van der Waals surface area (Å²) >= 11 is 0. The van der Waals surface area contributed by atoms with E-state index >= 15 is 0 Å². The van der Waals surface area contributed by atoms with E-state index in [1.54, 1.807) is 12.1 Å². The molecule has 0 radical (unpaired) electrons. The summed E-state index contributed by atoms with van der Waals surface area (Å²) in [5, 5.41) is 1.68. The summed E-state index contributed by atoms with van der Waals surface area (Å²) in [5.41, 5.74) is 11.7. The molecular formula is C27H38N6O2. The normalized spacial score (nSPS) is 18.7. The fraction of sp³-hybridized carbons (Fsp3) is 0.444. The third kappa shape index (κ3) is 5.68. The highest BCUT2D eigenvalue weighted by molar-refractivity contribution is 6.04. The fourth-order valence-corrected chi connectivity index (χ4v) is 4.39. The van der Waals surface area contributed by atoms with Gasteiger partial charge in [-0.1, -0.05) is 25.0 Å². The van der Waals surface area contributed by atoms with Crippen LogP contribution in [0.15, 0.2) is 70.2 Å². The van der Waals surface area contributed by atoms with Crippen molar-refractivity contribution in [2.75, 3.05) is 31.8 Å². The minimum Gasteiger partial charge on any atom is -0.491 e. The molecule has 0 amide bonds. The number of fused-ring (bicyclic) bond motifs is 1. The van der Waals surface area contributed by atoms with Gasteiger partial charge in [-0.05, 0) is 51.5 Å². The molecule has 2 aliphatic rings. The molecule has 0 aromatic heterocycles. The van der Waals surface area contributed by atoms with E-state index < -0.39 is 0 Å². The van der Waals surface area contributed by atoms with E-state index in [2.05, 4.69) is 59.8 Å². The third-order valence-electron chi connectivity index (χ3n) is 6.44. The standard InChI is InChI=1S/C27H38N6O2/c1-8-25(34-7)27(5,6)32-15-21(16-32)20-9-10-24-23(14-20)33(29)22(11-12-35-24)13-19(4)26(30-17-28)31-18(2)3/h9-10,13-14,17-18,21H,1,4,11-12,15-16,29H2,2-3,5-7H3,(H2,28,30,31)/b22-13-. The van der Waals surface area contributed by atoms with Crippen LogP contribution in [0.3, 0.4) is 0 Å². The summed E-state index contributed by atoms with van der Waals surface area (Å²) in [6, 6.07) is 6.31. The van der Waals surface area contributed by atoms with Crippen LogP contribution in [-0.4, -0.2) is 55.5 Å². The van der Waals surface area contributed by atoms with Crippen LogP contribution in [0.25, 0.3) is 0 Å². The quantitative estimate of drug-likeness (QED) is 0.203. The van der Waals surface area contributed by atoms with E-state index in [1.807, 2.05) is 26.0 Å². The number of methoxy groups -OCH3 is 1. The number of amidine groups is 1. The van der Waals surface area contributed by atoms with Gasteiger partial charge in [0.05, 0.1) is 31.3 Å². The molecule has 0 atom stereocenters. The number of rotatable bonds is 7. The maximum atomic E-state index is 6.61. The lowest BCUT2D eigenvalue weighted by Crippen LogP contribution is -2.57. The molecule has 0 unspecified atom stereocenters. The van der Waals surface area contributed by atoms with Crippen molar-refractivity contribution in [2.24, 2.45) is 21.6 Å². The van der Waals surface area contributed by atoms with Crippen LogP contribution in [0.5, 0.6) is 5.75 Å². The van der Waals surface area contributed by atoms with Crippen molar-refractivity contribution >= 4 is 17.9 Å². The Kier molecular flexibility index (Phi) is 8.22. The first kappa shape index (κ1) is 26.3. The first-order valence-corrected chi connectivity index (χ1v) is 11.8. The minimum atomic E-state index is -0.265. The molecule has 188 valence electrons. The zero-order valence-corrected chi connectivity index (χ0v) is 21.5. The number of nitrogens with zero attached hydrogens (tertiary/aromatic N) is 4. The van der Waals surface area contributed by atoms with Crippen LogP contribution in [0.4, 0.5) is 5.69 Å². The molecule has 0 bridgehead atoms. The lowest BCUT2D eigenvalue weighted by Gasteiger charge is -2.49. The lowest BCUT2D eigenvalue weighted by atomic mass is 9.85. The van der Waals surface area contributed by atoms with E-state index in [0.717, 1.165) is 36.0 Å². The number of anilines is 1. The van der Waals surface area contributed by atoms with Crippen LogP contribution in [0.1, 0.15) is 45.6 Å². The number of hydrogen-bond donors (Lipinski definition) is 2. The second kappa shape index (κ2) is 11.0. The van der Waals surface area contributed by atoms with Crippen molar-refractivity contribution in [3.05, 3.63) is 65.8 Å². The van der Waals surface area contributed by atoms with Crippen LogP contribution in [0, 0.1) is 0 Å². The van der Waals surface area contributed by atoms with Crippen LogP contribution in [-0.2, 0) is 4.74 Å². The molecule has 1 aromatic rings. The number of likely N-dealkylation sites (tertiary alicyclic amines) is 1. The predicted molar refractivity (Wildman–Crippen MR) is 144 cm³/mol. The lowest BCUT2D eigenvalue weighted by molar-refractivity contribution is 0.0239. The Labute approximate surface area is 209 Å². The van der Waals surface area contributed by atoms with E-state index in [1.165, 1.54) is 11.9 Å². The average molecular weight is 479 g/mol. The summed E-state index contributed by atoms with van der Waals surface area (Å²) < 4.78 is 11.5.